The Morgan fingerprint density at radius 1 is 1.39 bits per heavy atom. The Morgan fingerprint density at radius 2 is 2.11 bits per heavy atom. The van der Waals surface area contributed by atoms with Crippen LogP contribution in [0.25, 0.3) is 0 Å². The first kappa shape index (κ1) is 13.9. The summed E-state index contributed by atoms with van der Waals surface area (Å²) < 4.78 is 0. The highest BCUT2D eigenvalue weighted by molar-refractivity contribution is 6.36. The Labute approximate surface area is 118 Å². The van der Waals surface area contributed by atoms with Crippen LogP contribution < -0.4 is 10.2 Å². The van der Waals surface area contributed by atoms with E-state index in [2.05, 4.69) is 22.1 Å². The average molecular weight is 288 g/mol. The minimum Gasteiger partial charge on any atom is -0.355 e. The van der Waals surface area contributed by atoms with Gasteiger partial charge in [0.1, 0.15) is 5.82 Å². The molecule has 0 amide bonds. The van der Waals surface area contributed by atoms with Crippen molar-refractivity contribution in [2.24, 2.45) is 5.92 Å². The Kier molecular flexibility index (Phi) is 5.10. The molecule has 18 heavy (non-hydrogen) atoms. The molecule has 0 saturated carbocycles. The zero-order valence-electron chi connectivity index (χ0n) is 10.6. The highest BCUT2D eigenvalue weighted by Gasteiger charge is 2.21. The van der Waals surface area contributed by atoms with Crippen LogP contribution in [0.1, 0.15) is 19.8 Å². The van der Waals surface area contributed by atoms with E-state index in [-0.39, 0.29) is 0 Å². The number of pyridine rings is 1. The highest BCUT2D eigenvalue weighted by atomic mass is 35.5. The lowest BCUT2D eigenvalue weighted by Crippen LogP contribution is -2.37. The van der Waals surface area contributed by atoms with E-state index < -0.39 is 0 Å². The maximum absolute atomic E-state index is 6.18. The molecule has 1 saturated heterocycles. The Balaban J connectivity index is 1.93. The van der Waals surface area contributed by atoms with Crippen LogP contribution in [0.3, 0.4) is 0 Å². The van der Waals surface area contributed by atoms with Gasteiger partial charge in [-0.15, -0.1) is 0 Å². The van der Waals surface area contributed by atoms with Crippen molar-refractivity contribution in [1.82, 2.24) is 10.3 Å². The second kappa shape index (κ2) is 6.60. The first-order valence-electron chi connectivity index (χ1n) is 6.47. The molecule has 2 rings (SSSR count). The molecule has 1 fully saturated rings. The second-order valence-electron chi connectivity index (χ2n) is 4.70. The van der Waals surface area contributed by atoms with Gasteiger partial charge in [-0.2, -0.15) is 0 Å². The molecule has 0 radical (unpaired) electrons. The summed E-state index contributed by atoms with van der Waals surface area (Å²) in [5.74, 6) is 1.63. The molecule has 5 heteroatoms. The van der Waals surface area contributed by atoms with Crippen LogP contribution in [-0.2, 0) is 0 Å². The lowest BCUT2D eigenvalue weighted by atomic mass is 9.97. The third-order valence-electron chi connectivity index (χ3n) is 3.39. The molecule has 0 aliphatic carbocycles. The second-order valence-corrected chi connectivity index (χ2v) is 5.54. The molecule has 1 aliphatic rings. The summed E-state index contributed by atoms with van der Waals surface area (Å²) in [6.07, 6.45) is 4.04. The number of piperidine rings is 1. The largest absolute Gasteiger partial charge is 0.355 e. The Morgan fingerprint density at radius 3 is 2.72 bits per heavy atom. The van der Waals surface area contributed by atoms with Gasteiger partial charge in [0.15, 0.2) is 0 Å². The number of aromatic nitrogens is 1. The fourth-order valence-corrected chi connectivity index (χ4v) is 2.84. The number of nitrogens with zero attached hydrogens (tertiary/aromatic N) is 2. The summed E-state index contributed by atoms with van der Waals surface area (Å²) in [6.45, 7) is 6.35. The number of hydrogen-bond acceptors (Lipinski definition) is 3. The summed E-state index contributed by atoms with van der Waals surface area (Å²) >= 11 is 12.0. The van der Waals surface area contributed by atoms with Crippen LogP contribution in [0.4, 0.5) is 5.82 Å². The number of halogens is 2. The lowest BCUT2D eigenvalue weighted by molar-refractivity contribution is 0.385. The van der Waals surface area contributed by atoms with Crippen LogP contribution in [0.2, 0.25) is 10.0 Å². The Hall–Kier alpha value is -0.510. The van der Waals surface area contributed by atoms with Gasteiger partial charge >= 0.3 is 0 Å². The minimum absolute atomic E-state index is 0.589. The molecular formula is C13H19Cl2N3. The molecule has 0 atom stereocenters. The molecule has 100 valence electrons. The summed E-state index contributed by atoms with van der Waals surface area (Å²) in [5.41, 5.74) is 0. The van der Waals surface area contributed by atoms with E-state index in [1.165, 1.54) is 12.8 Å². The molecule has 3 nitrogen and oxygen atoms in total. The van der Waals surface area contributed by atoms with Crippen molar-refractivity contribution in [2.75, 3.05) is 31.1 Å². The van der Waals surface area contributed by atoms with E-state index in [0.29, 0.717) is 10.0 Å². The van der Waals surface area contributed by atoms with Gasteiger partial charge in [0.2, 0.25) is 0 Å². The molecule has 1 aromatic heterocycles. The molecule has 2 heterocycles. The van der Waals surface area contributed by atoms with E-state index in [4.69, 9.17) is 23.2 Å². The van der Waals surface area contributed by atoms with E-state index in [0.717, 1.165) is 37.9 Å². The van der Waals surface area contributed by atoms with Gasteiger partial charge in [-0.25, -0.2) is 4.98 Å². The zero-order valence-corrected chi connectivity index (χ0v) is 12.1. The maximum atomic E-state index is 6.18. The smallest absolute Gasteiger partial charge is 0.147 e. The third-order valence-corrected chi connectivity index (χ3v) is 3.87. The van der Waals surface area contributed by atoms with E-state index in [9.17, 15) is 0 Å². The minimum atomic E-state index is 0.589. The molecule has 0 unspecified atom stereocenters. The summed E-state index contributed by atoms with van der Waals surface area (Å²) in [6, 6.07) is 1.76. The fraction of sp³-hybridized carbons (Fsp3) is 0.615. The van der Waals surface area contributed by atoms with Gasteiger partial charge in [0.05, 0.1) is 10.0 Å². The normalized spacial score (nSPS) is 17.2. The van der Waals surface area contributed by atoms with Crippen LogP contribution in [-0.4, -0.2) is 31.2 Å². The van der Waals surface area contributed by atoms with Crippen LogP contribution in [0, 0.1) is 5.92 Å². The zero-order chi connectivity index (χ0) is 13.0. The van der Waals surface area contributed by atoms with Crippen LogP contribution >= 0.6 is 23.2 Å². The standard InChI is InChI=1S/C13H19Cl2N3/c1-2-16-8-10-3-5-18(6-4-10)13-12(15)7-11(14)9-17-13/h7,9-10,16H,2-6,8H2,1H3. The fourth-order valence-electron chi connectivity index (χ4n) is 2.34. The number of anilines is 1. The average Bonchev–Trinajstić information content (AvgIpc) is 2.37. The Bertz CT molecular complexity index is 390. The van der Waals surface area contributed by atoms with Gasteiger partial charge in [0, 0.05) is 19.3 Å². The first-order valence-corrected chi connectivity index (χ1v) is 7.23. The van der Waals surface area contributed by atoms with E-state index in [1.807, 2.05) is 0 Å². The van der Waals surface area contributed by atoms with Gasteiger partial charge in [0.25, 0.3) is 0 Å². The van der Waals surface area contributed by atoms with Gasteiger partial charge in [-0.05, 0) is 37.9 Å². The number of nitrogens with one attached hydrogen (secondary N) is 1. The summed E-state index contributed by atoms with van der Waals surface area (Å²) in [5, 5.41) is 4.65. The topological polar surface area (TPSA) is 28.2 Å². The summed E-state index contributed by atoms with van der Waals surface area (Å²) in [7, 11) is 0. The predicted molar refractivity (Wildman–Crippen MR) is 77.7 cm³/mol. The molecule has 1 aliphatic heterocycles. The van der Waals surface area contributed by atoms with Crippen LogP contribution in [0.15, 0.2) is 12.3 Å². The van der Waals surface area contributed by atoms with Crippen molar-refractivity contribution in [3.63, 3.8) is 0 Å². The summed E-state index contributed by atoms with van der Waals surface area (Å²) in [4.78, 5) is 6.59. The van der Waals surface area contributed by atoms with Crippen molar-refractivity contribution in [2.45, 2.75) is 19.8 Å². The molecule has 1 N–H and O–H groups in total. The quantitative estimate of drug-likeness (QED) is 0.922. The maximum Gasteiger partial charge on any atom is 0.147 e. The van der Waals surface area contributed by atoms with Crippen molar-refractivity contribution < 1.29 is 0 Å². The monoisotopic (exact) mass is 287 g/mol. The lowest BCUT2D eigenvalue weighted by Gasteiger charge is -2.33. The molecular weight excluding hydrogens is 269 g/mol. The van der Waals surface area contributed by atoms with Crippen molar-refractivity contribution in [3.05, 3.63) is 22.3 Å². The van der Waals surface area contributed by atoms with Gasteiger partial charge in [-0.3, -0.25) is 0 Å². The van der Waals surface area contributed by atoms with E-state index >= 15 is 0 Å². The molecule has 1 aromatic rings. The first-order chi connectivity index (χ1) is 8.70. The SMILES string of the molecule is CCNCC1CCN(c2ncc(Cl)cc2Cl)CC1. The molecule has 0 spiro atoms. The van der Waals surface area contributed by atoms with Gasteiger partial charge in [-0.1, -0.05) is 30.1 Å². The highest BCUT2D eigenvalue weighted by Crippen LogP contribution is 2.29. The van der Waals surface area contributed by atoms with Crippen molar-refractivity contribution >= 4 is 29.0 Å². The van der Waals surface area contributed by atoms with Crippen molar-refractivity contribution in [1.29, 1.82) is 0 Å². The number of rotatable bonds is 4. The van der Waals surface area contributed by atoms with Gasteiger partial charge < -0.3 is 10.2 Å². The van der Waals surface area contributed by atoms with E-state index in [1.54, 1.807) is 12.3 Å². The van der Waals surface area contributed by atoms with Crippen LogP contribution in [0.5, 0.6) is 0 Å². The molecule has 0 aromatic carbocycles. The third kappa shape index (κ3) is 3.50. The predicted octanol–water partition coefficient (Wildman–Crippen LogP) is 3.21. The van der Waals surface area contributed by atoms with Crippen molar-refractivity contribution in [3.8, 4) is 0 Å². The number of hydrogen-bond donors (Lipinski definition) is 1. The molecule has 0 bridgehead atoms.